The van der Waals surface area contributed by atoms with Crippen molar-refractivity contribution in [3.63, 3.8) is 0 Å². The van der Waals surface area contributed by atoms with E-state index in [9.17, 15) is 29.0 Å². The number of likely N-dealkylation sites (tertiary alicyclic amines) is 1. The normalized spacial score (nSPS) is 19.7. The van der Waals surface area contributed by atoms with Crippen LogP contribution in [0.3, 0.4) is 0 Å². The molecule has 1 atom stereocenters. The Morgan fingerprint density at radius 2 is 2.03 bits per heavy atom. The molecule has 3 aromatic rings. The van der Waals surface area contributed by atoms with Gasteiger partial charge in [-0.3, -0.25) is 14.4 Å². The van der Waals surface area contributed by atoms with Crippen LogP contribution >= 0.6 is 11.6 Å². The van der Waals surface area contributed by atoms with Gasteiger partial charge in [0.25, 0.3) is 5.91 Å². The molecule has 1 fully saturated rings. The highest BCUT2D eigenvalue weighted by Crippen LogP contribution is 2.39. The molecule has 1 aromatic heterocycles. The molecule has 3 heterocycles. The van der Waals surface area contributed by atoms with Gasteiger partial charge in [-0.2, -0.15) is 0 Å². The third-order valence-corrected chi connectivity index (χ3v) is 6.89. The number of aliphatic hydroxyl groups excluding tert-OH is 1. The van der Waals surface area contributed by atoms with Crippen LogP contribution in [0.4, 0.5) is 4.39 Å². The fourth-order valence-electron chi connectivity index (χ4n) is 4.38. The van der Waals surface area contributed by atoms with Crippen molar-refractivity contribution in [3.8, 4) is 11.5 Å². The minimum atomic E-state index is -1.73. The van der Waals surface area contributed by atoms with Crippen LogP contribution in [-0.2, 0) is 16.1 Å². The molecule has 3 amide bonds. The number of benzene rings is 2. The number of carbonyl (C=O) groups excluding carboxylic acids is 3. The minimum Gasteiger partial charge on any atom is -0.507 e. The van der Waals surface area contributed by atoms with E-state index in [-0.39, 0.29) is 49.1 Å². The molecule has 2 aliphatic rings. The van der Waals surface area contributed by atoms with Crippen molar-refractivity contribution in [2.45, 2.75) is 25.1 Å². The van der Waals surface area contributed by atoms with Crippen LogP contribution < -0.4 is 10.1 Å². The van der Waals surface area contributed by atoms with E-state index in [4.69, 9.17) is 20.8 Å². The van der Waals surface area contributed by atoms with E-state index in [1.807, 2.05) is 0 Å². The zero-order chi connectivity index (χ0) is 26.5. The molecule has 0 unspecified atom stereocenters. The van der Waals surface area contributed by atoms with Crippen LogP contribution in [-0.4, -0.2) is 75.6 Å². The minimum absolute atomic E-state index is 0.0857. The molecule has 0 radical (unpaired) electrons. The molecule has 1 saturated heterocycles. The first-order chi connectivity index (χ1) is 17.6. The Labute approximate surface area is 215 Å². The van der Waals surface area contributed by atoms with Crippen molar-refractivity contribution in [2.75, 3.05) is 26.2 Å². The zero-order valence-corrected chi connectivity index (χ0v) is 20.4. The van der Waals surface area contributed by atoms with Gasteiger partial charge < -0.3 is 34.5 Å². The number of furan rings is 1. The molecule has 2 aliphatic heterocycles. The molecule has 0 aliphatic carbocycles. The van der Waals surface area contributed by atoms with Crippen LogP contribution in [0.2, 0.25) is 5.02 Å². The lowest BCUT2D eigenvalue weighted by Crippen LogP contribution is -2.64. The first-order valence-corrected chi connectivity index (χ1v) is 11.8. The van der Waals surface area contributed by atoms with E-state index in [1.165, 1.54) is 24.0 Å². The van der Waals surface area contributed by atoms with E-state index >= 15 is 0 Å². The summed E-state index contributed by atoms with van der Waals surface area (Å²) in [4.78, 5) is 42.6. The lowest BCUT2D eigenvalue weighted by Gasteiger charge is -2.41. The maximum Gasteiger partial charge on any atom is 0.295 e. The molecule has 0 saturated carbocycles. The molecule has 10 nitrogen and oxygen atoms in total. The van der Waals surface area contributed by atoms with E-state index < -0.39 is 41.7 Å². The average molecular weight is 532 g/mol. The Hall–Kier alpha value is -3.83. The van der Waals surface area contributed by atoms with Gasteiger partial charge in [0, 0.05) is 30.2 Å². The Morgan fingerprint density at radius 3 is 2.73 bits per heavy atom. The number of phenolic OH excluding ortho intramolecular Hbond substituents is 1. The van der Waals surface area contributed by atoms with Gasteiger partial charge in [-0.25, -0.2) is 4.39 Å². The maximum atomic E-state index is 14.2. The third kappa shape index (κ3) is 4.34. The Balaban J connectivity index is 1.49. The van der Waals surface area contributed by atoms with Crippen molar-refractivity contribution in [1.82, 2.24) is 15.1 Å². The number of aliphatic hydroxyl groups is 1. The van der Waals surface area contributed by atoms with Crippen molar-refractivity contribution in [3.05, 3.63) is 58.6 Å². The second-order valence-electron chi connectivity index (χ2n) is 9.23. The van der Waals surface area contributed by atoms with E-state index in [0.717, 1.165) is 11.0 Å². The average Bonchev–Trinajstić information content (AvgIpc) is 3.15. The number of rotatable bonds is 5. The highest BCUT2D eigenvalue weighted by atomic mass is 35.5. The van der Waals surface area contributed by atoms with Crippen molar-refractivity contribution >= 4 is 40.3 Å². The number of amides is 3. The predicted octanol–water partition coefficient (Wildman–Crippen LogP) is 2.04. The fourth-order valence-corrected chi connectivity index (χ4v) is 4.55. The number of hydrogen-bond donors (Lipinski definition) is 3. The highest BCUT2D eigenvalue weighted by molar-refractivity contribution is 6.31. The number of carbonyl (C=O) groups is 3. The molecule has 3 N–H and O–H groups in total. The van der Waals surface area contributed by atoms with Gasteiger partial charge in [-0.05, 0) is 37.3 Å². The summed E-state index contributed by atoms with van der Waals surface area (Å²) in [5, 5.41) is 22.9. The molecule has 0 bridgehead atoms. The Morgan fingerprint density at radius 1 is 1.27 bits per heavy atom. The number of aromatic hydroxyl groups is 1. The monoisotopic (exact) mass is 531 g/mol. The molecular formula is C25H23ClFN3O7. The van der Waals surface area contributed by atoms with Crippen LogP contribution in [0.5, 0.6) is 11.5 Å². The molecule has 12 heteroatoms. The first kappa shape index (κ1) is 24.8. The Bertz CT molecular complexity index is 1400. The molecule has 194 valence electrons. The number of fused-ring (bicyclic) bond motifs is 3. The van der Waals surface area contributed by atoms with Gasteiger partial charge in [-0.1, -0.05) is 17.7 Å². The molecule has 2 aromatic carbocycles. The van der Waals surface area contributed by atoms with Gasteiger partial charge in [0.1, 0.15) is 30.3 Å². The number of β-amino-alcohol motifs (C(OH)–C–C–N with tert-alkyl or cyclic N) is 1. The summed E-state index contributed by atoms with van der Waals surface area (Å²) in [6.07, 6.45) is -0.651. The summed E-state index contributed by atoms with van der Waals surface area (Å²) in [5.74, 6) is -3.16. The first-order valence-electron chi connectivity index (χ1n) is 11.5. The zero-order valence-electron chi connectivity index (χ0n) is 19.7. The summed E-state index contributed by atoms with van der Waals surface area (Å²) in [6.45, 7) is 0.408. The van der Waals surface area contributed by atoms with Crippen LogP contribution in [0.25, 0.3) is 11.0 Å². The van der Waals surface area contributed by atoms with Crippen molar-refractivity contribution in [2.24, 2.45) is 0 Å². The summed E-state index contributed by atoms with van der Waals surface area (Å²) in [7, 11) is 0. The number of ether oxygens (including phenoxy) is 1. The lowest BCUT2D eigenvalue weighted by atomic mass is 9.98. The van der Waals surface area contributed by atoms with Gasteiger partial charge >= 0.3 is 0 Å². The number of halogens is 2. The van der Waals surface area contributed by atoms with Gasteiger partial charge in [0.05, 0.1) is 11.5 Å². The summed E-state index contributed by atoms with van der Waals surface area (Å²) < 4.78 is 25.9. The molecule has 0 spiro atoms. The highest BCUT2D eigenvalue weighted by Gasteiger charge is 2.49. The quantitative estimate of drug-likeness (QED) is 0.459. The second-order valence-corrected chi connectivity index (χ2v) is 9.66. The summed E-state index contributed by atoms with van der Waals surface area (Å²) >= 11 is 6.11. The van der Waals surface area contributed by atoms with E-state index in [2.05, 4.69) is 5.32 Å². The summed E-state index contributed by atoms with van der Waals surface area (Å²) in [5.41, 5.74) is -1.53. The maximum absolute atomic E-state index is 14.2. The fraction of sp³-hybridized carbons (Fsp3) is 0.320. The SMILES string of the molecule is C[C@]1(C(=O)NCc2c(O)cccc2F)COc2c(oc3ccc(Cl)cc23)C(=O)N1CC(=O)N1CC(O)C1. The van der Waals surface area contributed by atoms with Crippen molar-refractivity contribution in [1.29, 1.82) is 0 Å². The molecular weight excluding hydrogens is 509 g/mol. The van der Waals surface area contributed by atoms with Crippen LogP contribution in [0, 0.1) is 5.82 Å². The lowest BCUT2D eigenvalue weighted by molar-refractivity contribution is -0.145. The largest absolute Gasteiger partial charge is 0.507 e. The molecule has 37 heavy (non-hydrogen) atoms. The number of nitrogens with one attached hydrogen (secondary N) is 1. The second kappa shape index (κ2) is 9.24. The Kier molecular flexibility index (Phi) is 6.20. The predicted molar refractivity (Wildman–Crippen MR) is 129 cm³/mol. The number of nitrogens with zero attached hydrogens (tertiary/aromatic N) is 2. The van der Waals surface area contributed by atoms with Crippen LogP contribution in [0.1, 0.15) is 23.0 Å². The van der Waals surface area contributed by atoms with E-state index in [1.54, 1.807) is 18.2 Å². The summed E-state index contributed by atoms with van der Waals surface area (Å²) in [6, 6.07) is 8.48. The third-order valence-electron chi connectivity index (χ3n) is 6.65. The smallest absolute Gasteiger partial charge is 0.295 e. The topological polar surface area (TPSA) is 133 Å². The number of hydrogen-bond acceptors (Lipinski definition) is 7. The van der Waals surface area contributed by atoms with Gasteiger partial charge in [0.2, 0.25) is 17.6 Å². The van der Waals surface area contributed by atoms with E-state index in [0.29, 0.717) is 16.0 Å². The van der Waals surface area contributed by atoms with Gasteiger partial charge in [0.15, 0.2) is 11.3 Å². The van der Waals surface area contributed by atoms with Crippen molar-refractivity contribution < 1.29 is 38.1 Å². The number of phenols is 1. The van der Waals surface area contributed by atoms with Crippen LogP contribution in [0.15, 0.2) is 40.8 Å². The molecule has 5 rings (SSSR count). The van der Waals surface area contributed by atoms with Gasteiger partial charge in [-0.15, -0.1) is 0 Å². The standard InChI is InChI=1S/C25H23ClFN3O7/c1-25(24(35)28-8-16-17(27)3-2-4-18(16)32)12-36-21-15-7-13(26)5-6-19(15)37-22(21)23(34)30(25)11-20(33)29-9-14(31)10-29/h2-7,14,31-32H,8-12H2,1H3,(H,28,35)/t25-/m1/s1.